The first-order valence-electron chi connectivity index (χ1n) is 8.09. The van der Waals surface area contributed by atoms with E-state index in [-0.39, 0.29) is 12.2 Å². The van der Waals surface area contributed by atoms with Crippen LogP contribution in [0.25, 0.3) is 21.7 Å². The van der Waals surface area contributed by atoms with E-state index in [0.717, 1.165) is 16.2 Å². The van der Waals surface area contributed by atoms with Crippen LogP contribution in [0, 0.1) is 0 Å². The molecule has 0 N–H and O–H groups in total. The van der Waals surface area contributed by atoms with E-state index in [1.165, 1.54) is 24.3 Å². The quantitative estimate of drug-likeness (QED) is 0.255. The Morgan fingerprint density at radius 1 is 0.963 bits per heavy atom. The van der Waals surface area contributed by atoms with Crippen LogP contribution in [0.4, 0.5) is 0 Å². The summed E-state index contributed by atoms with van der Waals surface area (Å²) in [5, 5.41) is 3.32. The number of ether oxygens (including phenoxy) is 1. The van der Waals surface area contributed by atoms with Gasteiger partial charge >= 0.3 is 11.6 Å². The van der Waals surface area contributed by atoms with E-state index in [2.05, 4.69) is 0 Å². The SMILES string of the molecule is O=C(OCc1cc(=O)oc2ccc3ccccc3c12)c1cc(Cl)cc(Cl)c1. The van der Waals surface area contributed by atoms with E-state index in [1.54, 1.807) is 6.07 Å². The number of hydrogen-bond acceptors (Lipinski definition) is 4. The standard InChI is InChI=1S/C21H12Cl2O4/c22-15-7-13(8-16(23)10-15)21(25)26-11-14-9-19(24)27-18-6-5-12-3-1-2-4-17(12)20(14)18/h1-10H,11H2. The van der Waals surface area contributed by atoms with Crippen molar-refractivity contribution in [3.8, 4) is 0 Å². The highest BCUT2D eigenvalue weighted by molar-refractivity contribution is 6.35. The molecule has 0 amide bonds. The van der Waals surface area contributed by atoms with Gasteiger partial charge in [-0.05, 0) is 35.0 Å². The smallest absolute Gasteiger partial charge is 0.338 e. The fourth-order valence-corrected chi connectivity index (χ4v) is 3.56. The number of benzene rings is 3. The van der Waals surface area contributed by atoms with Crippen LogP contribution in [0.2, 0.25) is 10.0 Å². The van der Waals surface area contributed by atoms with Crippen LogP contribution in [0.3, 0.4) is 0 Å². The van der Waals surface area contributed by atoms with Crippen LogP contribution in [0.15, 0.2) is 69.9 Å². The van der Waals surface area contributed by atoms with Crippen molar-refractivity contribution in [2.75, 3.05) is 0 Å². The van der Waals surface area contributed by atoms with Crippen LogP contribution in [0.1, 0.15) is 15.9 Å². The van der Waals surface area contributed by atoms with Gasteiger partial charge in [-0.25, -0.2) is 9.59 Å². The Hall–Kier alpha value is -2.82. The molecule has 0 radical (unpaired) electrons. The Kier molecular flexibility index (Phi) is 4.60. The van der Waals surface area contributed by atoms with Gasteiger partial charge in [-0.2, -0.15) is 0 Å². The van der Waals surface area contributed by atoms with E-state index in [0.29, 0.717) is 21.2 Å². The number of halogens is 2. The van der Waals surface area contributed by atoms with Gasteiger partial charge < -0.3 is 9.15 Å². The van der Waals surface area contributed by atoms with Crippen LogP contribution >= 0.6 is 23.2 Å². The molecule has 0 unspecified atom stereocenters. The summed E-state index contributed by atoms with van der Waals surface area (Å²) >= 11 is 11.9. The van der Waals surface area contributed by atoms with Gasteiger partial charge in [0.15, 0.2) is 0 Å². The van der Waals surface area contributed by atoms with E-state index in [9.17, 15) is 9.59 Å². The van der Waals surface area contributed by atoms with Gasteiger partial charge in [0.05, 0.1) is 5.56 Å². The van der Waals surface area contributed by atoms with Crippen LogP contribution in [-0.2, 0) is 11.3 Å². The minimum Gasteiger partial charge on any atom is -0.457 e. The topological polar surface area (TPSA) is 56.5 Å². The second-order valence-corrected chi connectivity index (χ2v) is 6.86. The van der Waals surface area contributed by atoms with Gasteiger partial charge in [-0.3, -0.25) is 0 Å². The number of fused-ring (bicyclic) bond motifs is 3. The normalized spacial score (nSPS) is 11.0. The lowest BCUT2D eigenvalue weighted by Crippen LogP contribution is -2.08. The molecular weight excluding hydrogens is 387 g/mol. The molecule has 4 aromatic rings. The molecule has 0 saturated heterocycles. The summed E-state index contributed by atoms with van der Waals surface area (Å²) in [6.07, 6.45) is 0. The number of carbonyl (C=O) groups is 1. The van der Waals surface area contributed by atoms with Crippen molar-refractivity contribution in [1.82, 2.24) is 0 Å². The van der Waals surface area contributed by atoms with Crippen LogP contribution < -0.4 is 5.63 Å². The Morgan fingerprint density at radius 2 is 1.70 bits per heavy atom. The summed E-state index contributed by atoms with van der Waals surface area (Å²) in [6.45, 7) is -0.0843. The molecule has 0 bridgehead atoms. The molecule has 0 spiro atoms. The summed E-state index contributed by atoms with van der Waals surface area (Å²) in [5.74, 6) is -0.582. The summed E-state index contributed by atoms with van der Waals surface area (Å²) in [4.78, 5) is 24.3. The third-order valence-electron chi connectivity index (χ3n) is 4.17. The van der Waals surface area contributed by atoms with Crippen molar-refractivity contribution >= 4 is 50.9 Å². The highest BCUT2D eigenvalue weighted by atomic mass is 35.5. The van der Waals surface area contributed by atoms with Gasteiger partial charge in [-0.15, -0.1) is 0 Å². The van der Waals surface area contributed by atoms with Crippen molar-refractivity contribution in [2.45, 2.75) is 6.61 Å². The monoisotopic (exact) mass is 398 g/mol. The Bertz CT molecular complexity index is 1220. The van der Waals surface area contributed by atoms with Crippen LogP contribution in [-0.4, -0.2) is 5.97 Å². The number of hydrogen-bond donors (Lipinski definition) is 0. The highest BCUT2D eigenvalue weighted by Crippen LogP contribution is 2.28. The Morgan fingerprint density at radius 3 is 2.48 bits per heavy atom. The molecule has 0 saturated carbocycles. The lowest BCUT2D eigenvalue weighted by Gasteiger charge is -2.10. The molecule has 1 aromatic heterocycles. The van der Waals surface area contributed by atoms with E-state index < -0.39 is 11.6 Å². The van der Waals surface area contributed by atoms with Crippen molar-refractivity contribution in [3.63, 3.8) is 0 Å². The van der Waals surface area contributed by atoms with E-state index >= 15 is 0 Å². The summed E-state index contributed by atoms with van der Waals surface area (Å²) in [6, 6.07) is 17.2. The largest absolute Gasteiger partial charge is 0.457 e. The first kappa shape index (κ1) is 17.6. The summed E-state index contributed by atoms with van der Waals surface area (Å²) < 4.78 is 10.7. The van der Waals surface area contributed by atoms with Gasteiger partial charge in [0.1, 0.15) is 12.2 Å². The van der Waals surface area contributed by atoms with E-state index in [1.807, 2.05) is 30.3 Å². The predicted octanol–water partition coefficient (Wildman–Crippen LogP) is 5.61. The summed E-state index contributed by atoms with van der Waals surface area (Å²) in [7, 11) is 0. The molecule has 0 fully saturated rings. The number of esters is 1. The zero-order valence-corrected chi connectivity index (χ0v) is 15.4. The molecular formula is C21H12Cl2O4. The Balaban J connectivity index is 1.74. The zero-order chi connectivity index (χ0) is 19.0. The molecule has 3 aromatic carbocycles. The maximum atomic E-state index is 12.4. The fourth-order valence-electron chi connectivity index (χ4n) is 3.03. The van der Waals surface area contributed by atoms with Crippen molar-refractivity contribution in [1.29, 1.82) is 0 Å². The minimum atomic E-state index is -0.582. The molecule has 4 rings (SSSR count). The first-order valence-corrected chi connectivity index (χ1v) is 8.84. The summed E-state index contributed by atoms with van der Waals surface area (Å²) in [5.41, 5.74) is 0.747. The van der Waals surface area contributed by atoms with Gasteiger partial charge in [0.25, 0.3) is 0 Å². The zero-order valence-electron chi connectivity index (χ0n) is 13.9. The maximum absolute atomic E-state index is 12.4. The highest BCUT2D eigenvalue weighted by Gasteiger charge is 2.14. The molecule has 6 heteroatoms. The number of carbonyl (C=O) groups excluding carboxylic acids is 1. The Labute approximate surface area is 163 Å². The first-order chi connectivity index (χ1) is 13.0. The molecule has 0 atom stereocenters. The van der Waals surface area contributed by atoms with Gasteiger partial charge in [0, 0.05) is 27.1 Å². The molecule has 134 valence electrons. The predicted molar refractivity (Wildman–Crippen MR) is 106 cm³/mol. The third kappa shape index (κ3) is 3.54. The van der Waals surface area contributed by atoms with Crippen molar-refractivity contribution in [3.05, 3.63) is 92.3 Å². The average Bonchev–Trinajstić information content (AvgIpc) is 2.64. The van der Waals surface area contributed by atoms with E-state index in [4.69, 9.17) is 32.4 Å². The minimum absolute atomic E-state index is 0.0843. The number of rotatable bonds is 3. The second kappa shape index (κ2) is 7.06. The molecule has 4 nitrogen and oxygen atoms in total. The van der Waals surface area contributed by atoms with Crippen molar-refractivity contribution < 1.29 is 13.9 Å². The third-order valence-corrected chi connectivity index (χ3v) is 4.61. The molecule has 0 aliphatic carbocycles. The van der Waals surface area contributed by atoms with Crippen LogP contribution in [0.5, 0.6) is 0 Å². The maximum Gasteiger partial charge on any atom is 0.338 e. The lowest BCUT2D eigenvalue weighted by atomic mass is 10.0. The lowest BCUT2D eigenvalue weighted by molar-refractivity contribution is 0.0474. The average molecular weight is 399 g/mol. The molecule has 0 aliphatic rings. The van der Waals surface area contributed by atoms with Crippen molar-refractivity contribution in [2.24, 2.45) is 0 Å². The fraction of sp³-hybridized carbons (Fsp3) is 0.0476. The second-order valence-electron chi connectivity index (χ2n) is 5.98. The molecule has 0 aliphatic heterocycles. The molecule has 1 heterocycles. The molecule has 27 heavy (non-hydrogen) atoms. The van der Waals surface area contributed by atoms with Gasteiger partial charge in [0.2, 0.25) is 0 Å². The van der Waals surface area contributed by atoms with Gasteiger partial charge in [-0.1, -0.05) is 53.5 Å².